The average molecular weight is 458 g/mol. The molecular formula is C21H23N5O3S2. The van der Waals surface area contributed by atoms with E-state index < -0.39 is 0 Å². The molecule has 8 nitrogen and oxygen atoms in total. The lowest BCUT2D eigenvalue weighted by molar-refractivity contribution is -0.142. The number of anilines is 1. The van der Waals surface area contributed by atoms with Gasteiger partial charge in [0.1, 0.15) is 5.82 Å². The highest BCUT2D eigenvalue weighted by molar-refractivity contribution is 7.99. The fourth-order valence-electron chi connectivity index (χ4n) is 2.74. The van der Waals surface area contributed by atoms with E-state index in [9.17, 15) is 9.59 Å². The predicted molar refractivity (Wildman–Crippen MR) is 121 cm³/mol. The number of carbonyl (C=O) groups excluding carboxylic acids is 2. The van der Waals surface area contributed by atoms with Gasteiger partial charge in [0.05, 0.1) is 24.5 Å². The van der Waals surface area contributed by atoms with Crippen molar-refractivity contribution in [2.75, 3.05) is 17.7 Å². The molecule has 1 aromatic carbocycles. The molecule has 0 fully saturated rings. The number of esters is 1. The van der Waals surface area contributed by atoms with E-state index in [2.05, 4.69) is 27.1 Å². The van der Waals surface area contributed by atoms with Gasteiger partial charge in [0.15, 0.2) is 10.3 Å². The summed E-state index contributed by atoms with van der Waals surface area (Å²) >= 11 is 2.57. The first kappa shape index (κ1) is 22.7. The van der Waals surface area contributed by atoms with Gasteiger partial charge in [0.2, 0.25) is 5.91 Å². The lowest BCUT2D eigenvalue weighted by Crippen LogP contribution is -2.15. The van der Waals surface area contributed by atoms with Crippen molar-refractivity contribution in [2.45, 2.75) is 31.5 Å². The molecule has 2 heterocycles. The Morgan fingerprint density at radius 1 is 1.29 bits per heavy atom. The monoisotopic (exact) mass is 457 g/mol. The van der Waals surface area contributed by atoms with Gasteiger partial charge in [0.25, 0.3) is 0 Å². The molecule has 0 saturated heterocycles. The predicted octanol–water partition coefficient (Wildman–Crippen LogP) is 3.35. The third-order valence-electron chi connectivity index (χ3n) is 4.07. The zero-order chi connectivity index (χ0) is 22.1. The van der Waals surface area contributed by atoms with Crippen LogP contribution in [0.1, 0.15) is 24.0 Å². The molecule has 1 amide bonds. The second-order valence-corrected chi connectivity index (χ2v) is 8.22. The first-order valence-corrected chi connectivity index (χ1v) is 11.5. The van der Waals surface area contributed by atoms with E-state index in [1.165, 1.54) is 23.1 Å². The summed E-state index contributed by atoms with van der Waals surface area (Å²) in [6.07, 6.45) is 2.52. The minimum absolute atomic E-state index is 0.0871. The number of hydrogen-bond acceptors (Lipinski definition) is 8. The van der Waals surface area contributed by atoms with Crippen LogP contribution in [0, 0.1) is 0 Å². The van der Waals surface area contributed by atoms with Gasteiger partial charge < -0.3 is 14.6 Å². The van der Waals surface area contributed by atoms with Crippen molar-refractivity contribution in [3.8, 4) is 0 Å². The van der Waals surface area contributed by atoms with Crippen LogP contribution in [-0.2, 0) is 33.7 Å². The Hall–Kier alpha value is -2.98. The van der Waals surface area contributed by atoms with Crippen molar-refractivity contribution in [1.82, 2.24) is 19.7 Å². The summed E-state index contributed by atoms with van der Waals surface area (Å²) in [6, 6.07) is 10.0. The summed E-state index contributed by atoms with van der Waals surface area (Å²) in [5.41, 5.74) is 1.71. The Labute approximate surface area is 188 Å². The number of amides is 1. The van der Waals surface area contributed by atoms with Crippen LogP contribution >= 0.6 is 23.1 Å². The van der Waals surface area contributed by atoms with Crippen LogP contribution in [0.3, 0.4) is 0 Å². The smallest absolute Gasteiger partial charge is 0.311 e. The number of aromatic nitrogens is 4. The van der Waals surface area contributed by atoms with E-state index in [1.54, 1.807) is 18.4 Å². The summed E-state index contributed by atoms with van der Waals surface area (Å²) in [5.74, 6) is 0.430. The quantitative estimate of drug-likeness (QED) is 0.268. The van der Waals surface area contributed by atoms with Crippen molar-refractivity contribution in [1.29, 1.82) is 0 Å². The molecule has 0 aliphatic rings. The van der Waals surface area contributed by atoms with Gasteiger partial charge in [-0.05, 0) is 12.5 Å². The van der Waals surface area contributed by atoms with Crippen molar-refractivity contribution in [2.24, 2.45) is 0 Å². The number of thiazole rings is 1. The van der Waals surface area contributed by atoms with Gasteiger partial charge in [-0.2, -0.15) is 0 Å². The normalized spacial score (nSPS) is 10.6. The molecule has 31 heavy (non-hydrogen) atoms. The Kier molecular flexibility index (Phi) is 8.36. The number of hydrogen-bond donors (Lipinski definition) is 1. The number of thioether (sulfide) groups is 1. The minimum atomic E-state index is -0.339. The minimum Gasteiger partial charge on any atom is -0.466 e. The molecule has 0 bridgehead atoms. The summed E-state index contributed by atoms with van der Waals surface area (Å²) in [6.45, 7) is 6.44. The molecule has 0 atom stereocenters. The lowest BCUT2D eigenvalue weighted by atomic mass is 10.1. The highest BCUT2D eigenvalue weighted by Gasteiger charge is 2.15. The van der Waals surface area contributed by atoms with Gasteiger partial charge >= 0.3 is 5.97 Å². The number of allylic oxidation sites excluding steroid dienone is 1. The van der Waals surface area contributed by atoms with Gasteiger partial charge in [-0.25, -0.2) is 4.98 Å². The number of ether oxygens (including phenoxy) is 1. The molecule has 10 heteroatoms. The molecule has 0 radical (unpaired) electrons. The van der Waals surface area contributed by atoms with Crippen molar-refractivity contribution < 1.29 is 14.3 Å². The largest absolute Gasteiger partial charge is 0.466 e. The zero-order valence-electron chi connectivity index (χ0n) is 17.1. The average Bonchev–Trinajstić information content (AvgIpc) is 3.34. The molecule has 0 aliphatic carbocycles. The van der Waals surface area contributed by atoms with Crippen LogP contribution in [0.15, 0.2) is 53.5 Å². The van der Waals surface area contributed by atoms with Gasteiger partial charge in [0, 0.05) is 18.3 Å². The lowest BCUT2D eigenvalue weighted by Gasteiger charge is -2.07. The number of benzene rings is 1. The van der Waals surface area contributed by atoms with Crippen molar-refractivity contribution in [3.63, 3.8) is 0 Å². The van der Waals surface area contributed by atoms with Gasteiger partial charge in [-0.3, -0.25) is 9.59 Å². The van der Waals surface area contributed by atoms with Crippen LogP contribution in [-0.4, -0.2) is 44.0 Å². The van der Waals surface area contributed by atoms with Crippen molar-refractivity contribution in [3.05, 3.63) is 65.4 Å². The highest BCUT2D eigenvalue weighted by Crippen LogP contribution is 2.21. The van der Waals surface area contributed by atoms with Crippen LogP contribution in [0.2, 0.25) is 0 Å². The third-order valence-corrected chi connectivity index (χ3v) is 5.84. The summed E-state index contributed by atoms with van der Waals surface area (Å²) < 4.78 is 6.86. The molecule has 162 valence electrons. The summed E-state index contributed by atoms with van der Waals surface area (Å²) in [4.78, 5) is 28.1. The maximum Gasteiger partial charge on any atom is 0.311 e. The molecular weight excluding hydrogens is 434 g/mol. The van der Waals surface area contributed by atoms with Crippen molar-refractivity contribution >= 4 is 40.1 Å². The van der Waals surface area contributed by atoms with Crippen LogP contribution < -0.4 is 5.32 Å². The van der Waals surface area contributed by atoms with E-state index >= 15 is 0 Å². The molecule has 3 aromatic rings. The molecule has 0 unspecified atom stereocenters. The zero-order valence-corrected chi connectivity index (χ0v) is 18.7. The van der Waals surface area contributed by atoms with Crippen LogP contribution in [0.5, 0.6) is 0 Å². The standard InChI is InChI=1S/C21H23N5O3S2/c1-3-10-26-17(11-15-8-6-5-7-9-15)24-25-21(26)31-14-18(27)23-20-22-16(13-30-20)12-19(28)29-4-2/h3,5-9,13H,1,4,10-12,14H2,2H3,(H,22,23,27). The van der Waals surface area contributed by atoms with E-state index in [0.29, 0.717) is 35.6 Å². The topological polar surface area (TPSA) is 99.0 Å². The van der Waals surface area contributed by atoms with E-state index in [0.717, 1.165) is 11.4 Å². The molecule has 0 aliphatic heterocycles. The van der Waals surface area contributed by atoms with Gasteiger partial charge in [-0.15, -0.1) is 28.1 Å². The van der Waals surface area contributed by atoms with Gasteiger partial charge in [-0.1, -0.05) is 48.2 Å². The first-order chi connectivity index (χ1) is 15.1. The Morgan fingerprint density at radius 2 is 2.10 bits per heavy atom. The fraction of sp³-hybridized carbons (Fsp3) is 0.286. The van der Waals surface area contributed by atoms with E-state index in [4.69, 9.17) is 4.74 Å². The Balaban J connectivity index is 1.57. The Morgan fingerprint density at radius 3 is 2.84 bits per heavy atom. The first-order valence-electron chi connectivity index (χ1n) is 9.68. The van der Waals surface area contributed by atoms with Crippen LogP contribution in [0.4, 0.5) is 5.13 Å². The molecule has 0 saturated carbocycles. The molecule has 1 N–H and O–H groups in total. The maximum absolute atomic E-state index is 12.4. The summed E-state index contributed by atoms with van der Waals surface area (Å²) in [7, 11) is 0. The highest BCUT2D eigenvalue weighted by atomic mass is 32.2. The SMILES string of the molecule is C=CCn1c(Cc2ccccc2)nnc1SCC(=O)Nc1nc(CC(=O)OCC)cs1. The second-order valence-electron chi connectivity index (χ2n) is 6.42. The number of carbonyl (C=O) groups is 2. The Bertz CT molecular complexity index is 1030. The van der Waals surface area contributed by atoms with E-state index in [1.807, 2.05) is 34.9 Å². The molecule has 2 aromatic heterocycles. The van der Waals surface area contributed by atoms with E-state index in [-0.39, 0.29) is 24.1 Å². The fourth-order valence-corrected chi connectivity index (χ4v) is 4.23. The van der Waals surface area contributed by atoms with Crippen LogP contribution in [0.25, 0.3) is 0 Å². The molecule has 3 rings (SSSR count). The summed E-state index contributed by atoms with van der Waals surface area (Å²) in [5, 5.41) is 14.1. The maximum atomic E-state index is 12.4. The second kappa shape index (κ2) is 11.4. The number of nitrogens with one attached hydrogen (secondary N) is 1. The third kappa shape index (κ3) is 6.76. The molecule has 0 spiro atoms. The number of rotatable bonds is 11. The number of nitrogens with zero attached hydrogens (tertiary/aromatic N) is 4.